The molecule has 0 rings (SSSR count). The highest BCUT2D eigenvalue weighted by Crippen LogP contribution is 1.61. The Morgan fingerprint density at radius 1 is 1.33 bits per heavy atom. The van der Waals surface area contributed by atoms with E-state index in [0.717, 1.165) is 0 Å². The van der Waals surface area contributed by atoms with Crippen LogP contribution in [0.4, 0.5) is 0 Å². The summed E-state index contributed by atoms with van der Waals surface area (Å²) in [5, 5.41) is 8.10. The van der Waals surface area contributed by atoms with Crippen LogP contribution in [-0.2, 0) is 10.4 Å². The van der Waals surface area contributed by atoms with Crippen molar-refractivity contribution in [2.24, 2.45) is 16.5 Å². The third kappa shape index (κ3) is 62.1. The molecule has 0 aliphatic heterocycles. The Balaban J connectivity index is 0. The molecule has 0 saturated heterocycles. The monoisotopic (exact) mass is 201 g/mol. The second-order valence-corrected chi connectivity index (χ2v) is 2.37. The second-order valence-electron chi connectivity index (χ2n) is 1.48. The van der Waals surface area contributed by atoms with Crippen LogP contribution >= 0.6 is 0 Å². The van der Waals surface area contributed by atoms with Crippen molar-refractivity contribution in [3.8, 4) is 0 Å². The third-order valence-corrected chi connectivity index (χ3v) is 0.394. The number of hydrogen-bond acceptors (Lipinski definition) is 4. The fraction of sp³-hybridized carbons (Fsp3) is 0.667. The average Bonchev–Trinajstić information content (AvgIpc) is 1.79. The first-order valence-electron chi connectivity index (χ1n) is 2.63. The molecule has 0 amide bonds. The lowest BCUT2D eigenvalue weighted by Gasteiger charge is -1.86. The fourth-order valence-electron chi connectivity index (χ4n) is 0.179. The minimum Gasteiger partial charge on any atom is -0.394 e. The van der Waals surface area contributed by atoms with Gasteiger partial charge in [0.1, 0.15) is 0 Å². The number of nitrogens with zero attached hydrogens (tertiary/aromatic N) is 1. The lowest BCUT2D eigenvalue weighted by atomic mass is 10.7. The van der Waals surface area contributed by atoms with E-state index in [0.29, 0.717) is 6.54 Å². The Labute approximate surface area is 69.5 Å². The lowest BCUT2D eigenvalue weighted by Crippen LogP contribution is -2.23. The number of aliphatic hydroxyl groups is 1. The normalized spacial score (nSPS) is 9.58. The van der Waals surface area contributed by atoms with Crippen molar-refractivity contribution in [2.75, 3.05) is 13.2 Å². The van der Waals surface area contributed by atoms with E-state index < -0.39 is 10.4 Å². The molecule has 0 saturated carbocycles. The zero-order chi connectivity index (χ0) is 10.2. The molecule has 0 radical (unpaired) electrons. The molecule has 0 aliphatic carbocycles. The van der Waals surface area contributed by atoms with Gasteiger partial charge in [0.2, 0.25) is 0 Å². The topological polar surface area (TPSA) is 159 Å². The molecule has 0 heterocycles. The van der Waals surface area contributed by atoms with Gasteiger partial charge in [-0.3, -0.25) is 14.1 Å². The van der Waals surface area contributed by atoms with E-state index in [2.05, 4.69) is 4.99 Å². The predicted octanol–water partition coefficient (Wildman–Crippen LogP) is -2.40. The average molecular weight is 201 g/mol. The number of hydrogen-bond donors (Lipinski definition) is 5. The SMILES string of the molecule is NC(N)=NCCO.O=S(=O)(O)O. The van der Waals surface area contributed by atoms with Crippen LogP contribution in [0.2, 0.25) is 0 Å². The van der Waals surface area contributed by atoms with Gasteiger partial charge in [0.25, 0.3) is 0 Å². The van der Waals surface area contributed by atoms with Gasteiger partial charge in [-0.05, 0) is 0 Å². The highest BCUT2D eigenvalue weighted by atomic mass is 32.3. The highest BCUT2D eigenvalue weighted by molar-refractivity contribution is 7.79. The third-order valence-electron chi connectivity index (χ3n) is 0.394. The molecule has 0 aromatic heterocycles. The standard InChI is InChI=1S/C3H9N3O.H2O4S/c4-3(5)6-1-2-7;1-5(2,3)4/h7H,1-2H2,(H4,4,5,6);(H2,1,2,3,4). The number of nitrogens with two attached hydrogens (primary N) is 2. The molecule has 0 fully saturated rings. The largest absolute Gasteiger partial charge is 0.394 e. The van der Waals surface area contributed by atoms with E-state index >= 15 is 0 Å². The van der Waals surface area contributed by atoms with Crippen LogP contribution in [0.5, 0.6) is 0 Å². The van der Waals surface area contributed by atoms with Crippen LogP contribution in [0.3, 0.4) is 0 Å². The first kappa shape index (κ1) is 13.7. The molecule has 0 aliphatic rings. The van der Waals surface area contributed by atoms with E-state index in [-0.39, 0.29) is 12.6 Å². The zero-order valence-corrected chi connectivity index (χ0v) is 6.90. The van der Waals surface area contributed by atoms with Gasteiger partial charge >= 0.3 is 10.4 Å². The number of aliphatic hydroxyl groups excluding tert-OH is 1. The van der Waals surface area contributed by atoms with Crippen LogP contribution in [0.1, 0.15) is 0 Å². The molecule has 0 unspecified atom stereocenters. The van der Waals surface area contributed by atoms with Crippen molar-refractivity contribution >= 4 is 16.4 Å². The minimum absolute atomic E-state index is 0.00208. The van der Waals surface area contributed by atoms with Crippen molar-refractivity contribution in [1.82, 2.24) is 0 Å². The highest BCUT2D eigenvalue weighted by Gasteiger charge is 1.84. The van der Waals surface area contributed by atoms with Gasteiger partial charge in [-0.15, -0.1) is 0 Å². The maximum Gasteiger partial charge on any atom is 0.394 e. The summed E-state index contributed by atoms with van der Waals surface area (Å²) in [4.78, 5) is 3.47. The molecule has 0 aromatic rings. The molecule has 0 atom stereocenters. The van der Waals surface area contributed by atoms with Crippen LogP contribution in [0, 0.1) is 0 Å². The summed E-state index contributed by atoms with van der Waals surface area (Å²) in [6.07, 6.45) is 0. The van der Waals surface area contributed by atoms with Crippen LogP contribution < -0.4 is 11.5 Å². The smallest absolute Gasteiger partial charge is 0.394 e. The van der Waals surface area contributed by atoms with Crippen molar-refractivity contribution in [1.29, 1.82) is 0 Å². The van der Waals surface area contributed by atoms with Gasteiger partial charge in [0.15, 0.2) is 5.96 Å². The summed E-state index contributed by atoms with van der Waals surface area (Å²) < 4.78 is 31.6. The summed E-state index contributed by atoms with van der Waals surface area (Å²) in [6, 6.07) is 0. The molecule has 9 heteroatoms. The quantitative estimate of drug-likeness (QED) is 0.189. The predicted molar refractivity (Wildman–Crippen MR) is 41.9 cm³/mol. The van der Waals surface area contributed by atoms with Gasteiger partial charge in [-0.25, -0.2) is 0 Å². The van der Waals surface area contributed by atoms with Gasteiger partial charge in [-0.2, -0.15) is 8.42 Å². The summed E-state index contributed by atoms with van der Waals surface area (Å²) >= 11 is 0. The Bertz CT molecular complexity index is 210. The van der Waals surface area contributed by atoms with E-state index in [9.17, 15) is 0 Å². The Hall–Kier alpha value is -0.900. The Morgan fingerprint density at radius 2 is 1.67 bits per heavy atom. The van der Waals surface area contributed by atoms with E-state index in [1.807, 2.05) is 0 Å². The van der Waals surface area contributed by atoms with E-state index in [1.54, 1.807) is 0 Å². The molecule has 74 valence electrons. The Morgan fingerprint density at radius 3 is 1.75 bits per heavy atom. The van der Waals surface area contributed by atoms with Crippen molar-refractivity contribution in [3.63, 3.8) is 0 Å². The summed E-state index contributed by atoms with van der Waals surface area (Å²) in [7, 11) is -4.67. The maximum absolute atomic E-state index is 8.74. The first-order valence-corrected chi connectivity index (χ1v) is 4.03. The summed E-state index contributed by atoms with van der Waals surface area (Å²) in [5.74, 6) is 0.0223. The van der Waals surface area contributed by atoms with E-state index in [1.165, 1.54) is 0 Å². The molecule has 12 heavy (non-hydrogen) atoms. The number of aliphatic imine (C=N–C) groups is 1. The summed E-state index contributed by atoms with van der Waals surface area (Å²) in [6.45, 7) is 0.292. The van der Waals surface area contributed by atoms with Crippen LogP contribution in [-0.4, -0.2) is 41.7 Å². The lowest BCUT2D eigenvalue weighted by molar-refractivity contribution is 0.307. The van der Waals surface area contributed by atoms with Gasteiger partial charge in [0, 0.05) is 0 Å². The first-order chi connectivity index (χ1) is 5.27. The molecule has 7 N–H and O–H groups in total. The van der Waals surface area contributed by atoms with Gasteiger partial charge in [-0.1, -0.05) is 0 Å². The Kier molecular flexibility index (Phi) is 7.73. The van der Waals surface area contributed by atoms with Crippen molar-refractivity contribution in [3.05, 3.63) is 0 Å². The summed E-state index contributed by atoms with van der Waals surface area (Å²) in [5.41, 5.74) is 9.79. The molecule has 8 nitrogen and oxygen atoms in total. The zero-order valence-electron chi connectivity index (χ0n) is 6.08. The van der Waals surface area contributed by atoms with Crippen molar-refractivity contribution in [2.45, 2.75) is 0 Å². The molecule has 0 spiro atoms. The number of guanidine groups is 1. The minimum atomic E-state index is -4.67. The molecule has 0 bridgehead atoms. The molecular weight excluding hydrogens is 190 g/mol. The molecular formula is C3H11N3O5S. The van der Waals surface area contributed by atoms with E-state index in [4.69, 9.17) is 34.1 Å². The van der Waals surface area contributed by atoms with Crippen molar-refractivity contribution < 1.29 is 22.6 Å². The fourth-order valence-corrected chi connectivity index (χ4v) is 0.179. The van der Waals surface area contributed by atoms with Gasteiger partial charge in [0.05, 0.1) is 13.2 Å². The van der Waals surface area contributed by atoms with Crippen LogP contribution in [0.15, 0.2) is 4.99 Å². The second kappa shape index (κ2) is 6.79. The van der Waals surface area contributed by atoms with Crippen LogP contribution in [0.25, 0.3) is 0 Å². The molecule has 0 aromatic carbocycles. The maximum atomic E-state index is 8.74. The number of rotatable bonds is 2. The van der Waals surface area contributed by atoms with Gasteiger partial charge < -0.3 is 16.6 Å².